The van der Waals surface area contributed by atoms with Crippen LogP contribution < -0.4 is 0 Å². The van der Waals surface area contributed by atoms with Crippen molar-refractivity contribution in [2.24, 2.45) is 4.99 Å². The van der Waals surface area contributed by atoms with Gasteiger partial charge in [-0.1, -0.05) is 12.1 Å². The number of imidazole rings is 1. The number of rotatable bonds is 3. The lowest BCUT2D eigenvalue weighted by atomic mass is 10.00. The third kappa shape index (κ3) is 4.02. The molecule has 0 bridgehead atoms. The third-order valence-corrected chi connectivity index (χ3v) is 5.68. The van der Waals surface area contributed by atoms with Crippen molar-refractivity contribution < 1.29 is 18.0 Å². The predicted octanol–water partition coefficient (Wildman–Crippen LogP) is 3.73. The van der Waals surface area contributed by atoms with E-state index in [9.17, 15) is 18.0 Å². The zero-order valence-electron chi connectivity index (χ0n) is 18.0. The Labute approximate surface area is 191 Å². The van der Waals surface area contributed by atoms with E-state index in [1.807, 2.05) is 6.92 Å². The van der Waals surface area contributed by atoms with Crippen molar-refractivity contribution in [1.82, 2.24) is 34.3 Å². The normalized spacial score (nSPS) is 18.1. The number of benzene rings is 1. The summed E-state index contributed by atoms with van der Waals surface area (Å²) in [6.45, 7) is 2.17. The van der Waals surface area contributed by atoms with Gasteiger partial charge in [-0.25, -0.2) is 15.0 Å². The SMILES string of the molecule is C[C@@H]1CCC(=Nc2nccn3cc(C(F)(F)F)nc23)CN1C(=O)c1ccccc1-n1nccn1. The number of amides is 1. The van der Waals surface area contributed by atoms with E-state index >= 15 is 0 Å². The van der Waals surface area contributed by atoms with Crippen molar-refractivity contribution in [1.29, 1.82) is 0 Å². The quantitative estimate of drug-likeness (QED) is 0.457. The summed E-state index contributed by atoms with van der Waals surface area (Å²) in [5.74, 6) is -0.129. The maximum atomic E-state index is 13.5. The van der Waals surface area contributed by atoms with Crippen molar-refractivity contribution in [3.05, 3.63) is 66.5 Å². The molecule has 1 aliphatic heterocycles. The van der Waals surface area contributed by atoms with Crippen molar-refractivity contribution >= 4 is 23.1 Å². The van der Waals surface area contributed by atoms with Crippen LogP contribution in [0.15, 0.2) is 60.2 Å². The van der Waals surface area contributed by atoms with Gasteiger partial charge in [0, 0.05) is 30.3 Å². The Kier molecular flexibility index (Phi) is 5.34. The molecular formula is C22H19F3N8O. The maximum absolute atomic E-state index is 13.5. The van der Waals surface area contributed by atoms with Gasteiger partial charge >= 0.3 is 6.18 Å². The summed E-state index contributed by atoms with van der Waals surface area (Å²) in [6, 6.07) is 6.99. The molecule has 1 amide bonds. The molecule has 9 nitrogen and oxygen atoms in total. The number of carbonyl (C=O) groups excluding carboxylic acids is 1. The van der Waals surface area contributed by atoms with Gasteiger partial charge in [-0.15, -0.1) is 0 Å². The molecule has 0 spiro atoms. The van der Waals surface area contributed by atoms with Crippen LogP contribution in [0.2, 0.25) is 0 Å². The van der Waals surface area contributed by atoms with E-state index in [0.29, 0.717) is 29.8 Å². The Morgan fingerprint density at radius 2 is 1.91 bits per heavy atom. The molecule has 1 aliphatic rings. The van der Waals surface area contributed by atoms with E-state index in [1.54, 1.807) is 29.2 Å². The fourth-order valence-corrected chi connectivity index (χ4v) is 3.92. The van der Waals surface area contributed by atoms with Gasteiger partial charge in [-0.05, 0) is 31.9 Å². The Morgan fingerprint density at radius 1 is 1.15 bits per heavy atom. The minimum Gasteiger partial charge on any atom is -0.330 e. The second kappa shape index (κ2) is 8.36. The number of carbonyl (C=O) groups is 1. The zero-order chi connectivity index (χ0) is 23.9. The summed E-state index contributed by atoms with van der Waals surface area (Å²) < 4.78 is 40.6. The molecule has 4 heterocycles. The largest absolute Gasteiger partial charge is 0.434 e. The number of fused-ring (bicyclic) bond motifs is 1. The highest BCUT2D eigenvalue weighted by Crippen LogP contribution is 2.30. The zero-order valence-corrected chi connectivity index (χ0v) is 18.0. The van der Waals surface area contributed by atoms with Crippen LogP contribution in [0.1, 0.15) is 35.8 Å². The number of para-hydroxylation sites is 1. The number of hydrogen-bond donors (Lipinski definition) is 0. The maximum Gasteiger partial charge on any atom is 0.434 e. The lowest BCUT2D eigenvalue weighted by Crippen LogP contribution is -2.46. The number of alkyl halides is 3. The number of aliphatic imine (C=N–C) groups is 1. The molecule has 1 atom stereocenters. The van der Waals surface area contributed by atoms with E-state index in [1.165, 1.54) is 34.0 Å². The van der Waals surface area contributed by atoms with Crippen LogP contribution in [0.4, 0.5) is 19.0 Å². The molecule has 174 valence electrons. The van der Waals surface area contributed by atoms with Gasteiger partial charge < -0.3 is 9.30 Å². The number of nitrogens with zero attached hydrogens (tertiary/aromatic N) is 8. The van der Waals surface area contributed by atoms with Gasteiger partial charge in [0.2, 0.25) is 0 Å². The van der Waals surface area contributed by atoms with Gasteiger partial charge in [-0.3, -0.25) is 4.79 Å². The highest BCUT2D eigenvalue weighted by atomic mass is 19.4. The van der Waals surface area contributed by atoms with Gasteiger partial charge in [0.25, 0.3) is 5.91 Å². The molecule has 4 aromatic rings. The van der Waals surface area contributed by atoms with Crippen LogP contribution in [0.25, 0.3) is 11.3 Å². The first-order valence-corrected chi connectivity index (χ1v) is 10.6. The van der Waals surface area contributed by atoms with E-state index < -0.39 is 11.9 Å². The molecule has 5 rings (SSSR count). The lowest BCUT2D eigenvalue weighted by molar-refractivity contribution is -0.140. The standard InChI is InChI=1S/C22H19F3N8O/c1-14-6-7-15(29-19-20-30-18(22(23,24)25)13-31(20)11-10-26-19)12-32(14)21(34)16-4-2-3-5-17(16)33-27-8-9-28-33/h2-5,8-11,13-14H,6-7,12H2,1H3/t14-/m1/s1. The van der Waals surface area contributed by atoms with Crippen molar-refractivity contribution in [3.8, 4) is 5.69 Å². The molecule has 12 heteroatoms. The Hall–Kier alpha value is -4.09. The van der Waals surface area contributed by atoms with Crippen LogP contribution in [0.5, 0.6) is 0 Å². The monoisotopic (exact) mass is 468 g/mol. The fraction of sp³-hybridized carbons (Fsp3) is 0.273. The van der Waals surface area contributed by atoms with E-state index in [-0.39, 0.29) is 30.0 Å². The van der Waals surface area contributed by atoms with Crippen LogP contribution in [0.3, 0.4) is 0 Å². The minimum atomic E-state index is -4.57. The summed E-state index contributed by atoms with van der Waals surface area (Å²) in [7, 11) is 0. The Bertz CT molecular complexity index is 1380. The molecule has 1 saturated heterocycles. The molecule has 0 radical (unpaired) electrons. The minimum absolute atomic E-state index is 0.00826. The second-order valence-electron chi connectivity index (χ2n) is 7.94. The van der Waals surface area contributed by atoms with Gasteiger partial charge in [-0.2, -0.15) is 28.2 Å². The molecule has 3 aromatic heterocycles. The van der Waals surface area contributed by atoms with E-state index in [2.05, 4.69) is 25.2 Å². The van der Waals surface area contributed by atoms with Crippen molar-refractivity contribution in [2.45, 2.75) is 32.0 Å². The lowest BCUT2D eigenvalue weighted by Gasteiger charge is -2.34. The Balaban J connectivity index is 1.46. The van der Waals surface area contributed by atoms with Gasteiger partial charge in [0.15, 0.2) is 17.2 Å². The molecular weight excluding hydrogens is 449 g/mol. The number of hydrogen-bond acceptors (Lipinski definition) is 6. The van der Waals surface area contributed by atoms with Gasteiger partial charge in [0.05, 0.1) is 30.2 Å². The molecule has 1 fully saturated rings. The average molecular weight is 468 g/mol. The van der Waals surface area contributed by atoms with Crippen molar-refractivity contribution in [3.63, 3.8) is 0 Å². The second-order valence-corrected chi connectivity index (χ2v) is 7.94. The first-order chi connectivity index (χ1) is 16.3. The number of likely N-dealkylation sites (tertiary alicyclic amines) is 1. The topological polar surface area (TPSA) is 93.6 Å². The number of piperidine rings is 1. The first-order valence-electron chi connectivity index (χ1n) is 10.6. The molecule has 34 heavy (non-hydrogen) atoms. The predicted molar refractivity (Wildman–Crippen MR) is 116 cm³/mol. The number of halogens is 3. The summed E-state index contributed by atoms with van der Waals surface area (Å²) in [5.41, 5.74) is 0.624. The molecule has 0 saturated carbocycles. The van der Waals surface area contributed by atoms with E-state index in [4.69, 9.17) is 0 Å². The highest BCUT2D eigenvalue weighted by molar-refractivity contribution is 6.01. The van der Waals surface area contributed by atoms with Crippen LogP contribution in [-0.4, -0.2) is 58.5 Å². The van der Waals surface area contributed by atoms with Crippen LogP contribution >= 0.6 is 0 Å². The van der Waals surface area contributed by atoms with Crippen molar-refractivity contribution in [2.75, 3.05) is 6.54 Å². The third-order valence-electron chi connectivity index (χ3n) is 5.68. The summed E-state index contributed by atoms with van der Waals surface area (Å²) in [4.78, 5) is 28.9. The Morgan fingerprint density at radius 3 is 2.68 bits per heavy atom. The van der Waals surface area contributed by atoms with E-state index in [0.717, 1.165) is 6.20 Å². The summed E-state index contributed by atoms with van der Waals surface area (Å²) in [6.07, 6.45) is 3.39. The van der Waals surface area contributed by atoms with Crippen LogP contribution in [0, 0.1) is 0 Å². The smallest absolute Gasteiger partial charge is 0.330 e. The molecule has 0 unspecified atom stereocenters. The van der Waals surface area contributed by atoms with Gasteiger partial charge in [0.1, 0.15) is 0 Å². The molecule has 0 aliphatic carbocycles. The summed E-state index contributed by atoms with van der Waals surface area (Å²) >= 11 is 0. The first kappa shape index (κ1) is 21.7. The molecule has 0 N–H and O–H groups in total. The average Bonchev–Trinajstić information content (AvgIpc) is 3.50. The summed E-state index contributed by atoms with van der Waals surface area (Å²) in [5, 5.41) is 8.25. The number of aromatic nitrogens is 6. The molecule has 1 aromatic carbocycles. The highest BCUT2D eigenvalue weighted by Gasteiger charge is 2.34. The van der Waals surface area contributed by atoms with Crippen LogP contribution in [-0.2, 0) is 6.18 Å². The fourth-order valence-electron chi connectivity index (χ4n) is 3.92.